The number of aromatic nitrogens is 1. The third kappa shape index (κ3) is 2.66. The van der Waals surface area contributed by atoms with Crippen molar-refractivity contribution in [1.29, 1.82) is 0 Å². The third-order valence-corrected chi connectivity index (χ3v) is 3.11. The monoisotopic (exact) mass is 306 g/mol. The SMILES string of the molecule is O=C(O)c1ccc2nc(Nc3ccc(Cl)c(F)c3)oc2c1. The summed E-state index contributed by atoms with van der Waals surface area (Å²) in [5, 5.41) is 11.7. The van der Waals surface area contributed by atoms with E-state index in [2.05, 4.69) is 10.3 Å². The molecule has 2 aromatic carbocycles. The highest BCUT2D eigenvalue weighted by Gasteiger charge is 2.10. The van der Waals surface area contributed by atoms with Crippen LogP contribution >= 0.6 is 11.6 Å². The molecule has 3 rings (SSSR count). The van der Waals surface area contributed by atoms with Crippen LogP contribution in [0.4, 0.5) is 16.1 Å². The predicted molar refractivity (Wildman–Crippen MR) is 75.7 cm³/mol. The van der Waals surface area contributed by atoms with Crippen LogP contribution in [0.2, 0.25) is 5.02 Å². The van der Waals surface area contributed by atoms with E-state index in [1.54, 1.807) is 6.07 Å². The predicted octanol–water partition coefficient (Wildman–Crippen LogP) is 4.06. The van der Waals surface area contributed by atoms with E-state index in [9.17, 15) is 9.18 Å². The van der Waals surface area contributed by atoms with Gasteiger partial charge < -0.3 is 14.8 Å². The van der Waals surface area contributed by atoms with E-state index >= 15 is 0 Å². The highest BCUT2D eigenvalue weighted by atomic mass is 35.5. The number of carboxylic acid groups (broad SMARTS) is 1. The summed E-state index contributed by atoms with van der Waals surface area (Å²) in [5.41, 5.74) is 1.34. The van der Waals surface area contributed by atoms with Crippen LogP contribution in [0.3, 0.4) is 0 Å². The molecule has 0 fully saturated rings. The Bertz CT molecular complexity index is 847. The van der Waals surface area contributed by atoms with Gasteiger partial charge in [0.25, 0.3) is 6.01 Å². The molecule has 0 spiro atoms. The molecule has 0 aliphatic heterocycles. The Morgan fingerprint density at radius 1 is 1.29 bits per heavy atom. The number of nitrogens with zero attached hydrogens (tertiary/aromatic N) is 1. The molecule has 0 aliphatic carbocycles. The summed E-state index contributed by atoms with van der Waals surface area (Å²) < 4.78 is 18.7. The second kappa shape index (κ2) is 5.06. The molecule has 3 aromatic rings. The van der Waals surface area contributed by atoms with Gasteiger partial charge in [-0.05, 0) is 36.4 Å². The number of nitrogens with one attached hydrogen (secondary N) is 1. The zero-order chi connectivity index (χ0) is 15.0. The summed E-state index contributed by atoms with van der Waals surface area (Å²) in [6.07, 6.45) is 0. The fourth-order valence-corrected chi connectivity index (χ4v) is 1.93. The van der Waals surface area contributed by atoms with Gasteiger partial charge in [0, 0.05) is 5.69 Å². The van der Waals surface area contributed by atoms with Crippen LogP contribution in [-0.4, -0.2) is 16.1 Å². The Labute approximate surface area is 123 Å². The molecule has 5 nitrogen and oxygen atoms in total. The molecular weight excluding hydrogens is 299 g/mol. The largest absolute Gasteiger partial charge is 0.478 e. The minimum Gasteiger partial charge on any atom is -0.478 e. The number of hydrogen-bond acceptors (Lipinski definition) is 4. The zero-order valence-corrected chi connectivity index (χ0v) is 11.2. The highest BCUT2D eigenvalue weighted by molar-refractivity contribution is 6.30. The standard InChI is InChI=1S/C14H8ClFN2O3/c15-9-3-2-8(6-10(9)16)17-14-18-11-4-1-7(13(19)20)5-12(11)21-14/h1-6H,(H,17,18)(H,19,20). The van der Waals surface area contributed by atoms with Crippen molar-refractivity contribution in [3.05, 3.63) is 52.8 Å². The molecule has 106 valence electrons. The van der Waals surface area contributed by atoms with Gasteiger partial charge >= 0.3 is 5.97 Å². The van der Waals surface area contributed by atoms with Crippen LogP contribution in [0, 0.1) is 5.82 Å². The van der Waals surface area contributed by atoms with Gasteiger partial charge in [-0.25, -0.2) is 9.18 Å². The average Bonchev–Trinajstić information content (AvgIpc) is 2.84. The normalized spacial score (nSPS) is 10.8. The first-order chi connectivity index (χ1) is 10.0. The molecule has 2 N–H and O–H groups in total. The molecule has 0 saturated carbocycles. The summed E-state index contributed by atoms with van der Waals surface area (Å²) in [6.45, 7) is 0. The van der Waals surface area contributed by atoms with Crippen molar-refractivity contribution >= 4 is 40.4 Å². The fourth-order valence-electron chi connectivity index (χ4n) is 1.81. The van der Waals surface area contributed by atoms with E-state index < -0.39 is 11.8 Å². The van der Waals surface area contributed by atoms with Crippen molar-refractivity contribution in [2.45, 2.75) is 0 Å². The molecule has 0 atom stereocenters. The lowest BCUT2D eigenvalue weighted by atomic mass is 10.2. The van der Waals surface area contributed by atoms with Crippen molar-refractivity contribution in [2.24, 2.45) is 0 Å². The second-order valence-electron chi connectivity index (χ2n) is 4.26. The Balaban J connectivity index is 1.93. The third-order valence-electron chi connectivity index (χ3n) is 2.81. The van der Waals surface area contributed by atoms with E-state index in [1.807, 2.05) is 0 Å². The Morgan fingerprint density at radius 3 is 2.81 bits per heavy atom. The van der Waals surface area contributed by atoms with Crippen molar-refractivity contribution in [3.63, 3.8) is 0 Å². The number of oxazole rings is 1. The molecular formula is C14H8ClFN2O3. The number of aromatic carboxylic acids is 1. The van der Waals surface area contributed by atoms with Crippen molar-refractivity contribution in [3.8, 4) is 0 Å². The van der Waals surface area contributed by atoms with Gasteiger partial charge in [0.1, 0.15) is 11.3 Å². The van der Waals surface area contributed by atoms with Crippen LogP contribution in [0.15, 0.2) is 40.8 Å². The molecule has 0 aliphatic rings. The molecule has 21 heavy (non-hydrogen) atoms. The molecule has 1 heterocycles. The number of hydrogen-bond donors (Lipinski definition) is 2. The van der Waals surface area contributed by atoms with E-state index in [1.165, 1.54) is 30.3 Å². The lowest BCUT2D eigenvalue weighted by molar-refractivity contribution is 0.0697. The molecule has 0 radical (unpaired) electrons. The Kier molecular flexibility index (Phi) is 3.23. The molecule has 1 aromatic heterocycles. The van der Waals surface area contributed by atoms with Crippen LogP contribution in [-0.2, 0) is 0 Å². The minimum absolute atomic E-state index is 0.0178. The number of anilines is 2. The van der Waals surface area contributed by atoms with E-state index in [4.69, 9.17) is 21.1 Å². The summed E-state index contributed by atoms with van der Waals surface area (Å²) in [6, 6.07) is 8.66. The van der Waals surface area contributed by atoms with Gasteiger partial charge in [-0.3, -0.25) is 0 Å². The number of benzene rings is 2. The maximum atomic E-state index is 13.3. The molecule has 0 amide bonds. The van der Waals surface area contributed by atoms with Gasteiger partial charge in [-0.15, -0.1) is 0 Å². The smallest absolute Gasteiger partial charge is 0.335 e. The van der Waals surface area contributed by atoms with Gasteiger partial charge in [0.05, 0.1) is 10.6 Å². The summed E-state index contributed by atoms with van der Waals surface area (Å²) in [4.78, 5) is 15.0. The molecule has 7 heteroatoms. The lowest BCUT2D eigenvalue weighted by Gasteiger charge is -2.01. The Morgan fingerprint density at radius 2 is 2.10 bits per heavy atom. The Hall–Kier alpha value is -2.60. The van der Waals surface area contributed by atoms with Gasteiger partial charge in [0.2, 0.25) is 0 Å². The number of carboxylic acids is 1. The number of rotatable bonds is 3. The molecule has 0 bridgehead atoms. The van der Waals surface area contributed by atoms with Gasteiger partial charge in [0.15, 0.2) is 5.58 Å². The van der Waals surface area contributed by atoms with Crippen LogP contribution in [0.5, 0.6) is 0 Å². The van der Waals surface area contributed by atoms with E-state index in [0.717, 1.165) is 0 Å². The van der Waals surface area contributed by atoms with Crippen molar-refractivity contribution in [1.82, 2.24) is 4.98 Å². The summed E-state index contributed by atoms with van der Waals surface area (Å²) in [5.74, 6) is -1.62. The van der Waals surface area contributed by atoms with E-state index in [0.29, 0.717) is 16.8 Å². The fraction of sp³-hybridized carbons (Fsp3) is 0. The van der Waals surface area contributed by atoms with Gasteiger partial charge in [-0.1, -0.05) is 11.6 Å². The van der Waals surface area contributed by atoms with Gasteiger partial charge in [-0.2, -0.15) is 4.98 Å². The topological polar surface area (TPSA) is 75.4 Å². The van der Waals surface area contributed by atoms with Crippen LogP contribution in [0.1, 0.15) is 10.4 Å². The first-order valence-corrected chi connectivity index (χ1v) is 6.27. The zero-order valence-electron chi connectivity index (χ0n) is 10.4. The number of carbonyl (C=O) groups is 1. The van der Waals surface area contributed by atoms with Crippen molar-refractivity contribution in [2.75, 3.05) is 5.32 Å². The van der Waals surface area contributed by atoms with Crippen molar-refractivity contribution < 1.29 is 18.7 Å². The average molecular weight is 307 g/mol. The second-order valence-corrected chi connectivity index (χ2v) is 4.67. The summed E-state index contributed by atoms with van der Waals surface area (Å²) >= 11 is 5.60. The lowest BCUT2D eigenvalue weighted by Crippen LogP contribution is -1.94. The minimum atomic E-state index is -1.05. The van der Waals surface area contributed by atoms with Crippen LogP contribution < -0.4 is 5.32 Å². The first-order valence-electron chi connectivity index (χ1n) is 5.89. The highest BCUT2D eigenvalue weighted by Crippen LogP contribution is 2.25. The maximum absolute atomic E-state index is 13.3. The molecule has 0 saturated heterocycles. The maximum Gasteiger partial charge on any atom is 0.335 e. The molecule has 0 unspecified atom stereocenters. The number of halogens is 2. The first kappa shape index (κ1) is 13.4. The van der Waals surface area contributed by atoms with E-state index in [-0.39, 0.29) is 16.6 Å². The van der Waals surface area contributed by atoms with Crippen LogP contribution in [0.25, 0.3) is 11.1 Å². The summed E-state index contributed by atoms with van der Waals surface area (Å²) in [7, 11) is 0. The number of fused-ring (bicyclic) bond motifs is 1. The quantitative estimate of drug-likeness (QED) is 0.763.